The molecule has 8 nitrogen and oxygen atoms in total. The maximum atomic E-state index is 13.5. The van der Waals surface area contributed by atoms with Crippen molar-refractivity contribution in [2.75, 3.05) is 26.2 Å². The number of hydrogen-bond donors (Lipinski definition) is 2. The highest BCUT2D eigenvalue weighted by Gasteiger charge is 2.43. The van der Waals surface area contributed by atoms with E-state index in [0.717, 1.165) is 49.4 Å². The Morgan fingerprint density at radius 3 is 2.77 bits per heavy atom. The van der Waals surface area contributed by atoms with E-state index in [0.29, 0.717) is 19.5 Å². The Balaban J connectivity index is 1.62. The van der Waals surface area contributed by atoms with Crippen molar-refractivity contribution in [3.05, 3.63) is 29.3 Å². The van der Waals surface area contributed by atoms with Gasteiger partial charge in [-0.2, -0.15) is 0 Å². The number of nitrogens with zero attached hydrogens (tertiary/aromatic N) is 2. The van der Waals surface area contributed by atoms with Gasteiger partial charge in [0.2, 0.25) is 11.8 Å². The van der Waals surface area contributed by atoms with Crippen LogP contribution in [0.2, 0.25) is 0 Å². The van der Waals surface area contributed by atoms with Crippen molar-refractivity contribution in [1.82, 2.24) is 20.4 Å². The highest BCUT2D eigenvalue weighted by molar-refractivity contribution is 5.98. The largest absolute Gasteiger partial charge is 0.485 e. The summed E-state index contributed by atoms with van der Waals surface area (Å²) >= 11 is 0. The molecular weight excluding hydrogens is 384 g/mol. The number of likely N-dealkylation sites (tertiary alicyclic amines) is 1. The number of nitrogens with one attached hydrogen (secondary N) is 2. The van der Waals surface area contributed by atoms with Crippen LogP contribution in [0.1, 0.15) is 43.7 Å². The first-order valence-corrected chi connectivity index (χ1v) is 10.8. The highest BCUT2D eigenvalue weighted by Crippen LogP contribution is 2.36. The van der Waals surface area contributed by atoms with Crippen molar-refractivity contribution in [3.8, 4) is 5.75 Å². The minimum Gasteiger partial charge on any atom is -0.485 e. The van der Waals surface area contributed by atoms with Gasteiger partial charge in [-0.1, -0.05) is 24.6 Å². The molecule has 2 saturated heterocycles. The molecule has 0 saturated carbocycles. The van der Waals surface area contributed by atoms with E-state index in [1.54, 1.807) is 0 Å². The van der Waals surface area contributed by atoms with Gasteiger partial charge in [0.05, 0.1) is 6.54 Å². The molecule has 4 amide bonds. The topological polar surface area (TPSA) is 91.0 Å². The Morgan fingerprint density at radius 1 is 1.27 bits per heavy atom. The fourth-order valence-corrected chi connectivity index (χ4v) is 4.64. The molecular formula is C22H30N4O4. The molecule has 0 aromatic heterocycles. The number of fused-ring (bicyclic) bond motifs is 1. The molecule has 0 bridgehead atoms. The van der Waals surface area contributed by atoms with Crippen LogP contribution in [0.15, 0.2) is 18.2 Å². The maximum Gasteiger partial charge on any atom is 0.322 e. The van der Waals surface area contributed by atoms with Gasteiger partial charge in [0, 0.05) is 44.5 Å². The third-order valence-electron chi connectivity index (χ3n) is 6.43. The first-order chi connectivity index (χ1) is 14.4. The lowest BCUT2D eigenvalue weighted by molar-refractivity contribution is -0.137. The Hall–Kier alpha value is -2.61. The summed E-state index contributed by atoms with van der Waals surface area (Å²) in [5, 5.41) is 4.90. The lowest BCUT2D eigenvalue weighted by Crippen LogP contribution is -2.57. The molecule has 0 radical (unpaired) electrons. The van der Waals surface area contributed by atoms with Crippen molar-refractivity contribution >= 4 is 17.8 Å². The summed E-state index contributed by atoms with van der Waals surface area (Å²) in [6.45, 7) is 7.95. The van der Waals surface area contributed by atoms with Gasteiger partial charge in [0.1, 0.15) is 17.4 Å². The van der Waals surface area contributed by atoms with Crippen molar-refractivity contribution in [2.24, 2.45) is 0 Å². The monoisotopic (exact) mass is 414 g/mol. The molecule has 3 aliphatic heterocycles. The molecule has 4 rings (SSSR count). The maximum absolute atomic E-state index is 13.5. The van der Waals surface area contributed by atoms with Crippen LogP contribution in [0.4, 0.5) is 4.79 Å². The SMILES string of the molecule is CCN1CCC2(CC1)CN(C(=O)C1CCC(=O)NC(=O)N1)Cc1cc(C)ccc1O2. The van der Waals surface area contributed by atoms with E-state index in [-0.39, 0.29) is 18.2 Å². The fourth-order valence-electron chi connectivity index (χ4n) is 4.64. The number of piperidine rings is 1. The Bertz CT molecular complexity index is 848. The molecule has 1 atom stereocenters. The number of hydrogen-bond acceptors (Lipinski definition) is 5. The first-order valence-electron chi connectivity index (χ1n) is 10.8. The number of rotatable bonds is 2. The van der Waals surface area contributed by atoms with Gasteiger partial charge in [-0.15, -0.1) is 0 Å². The van der Waals surface area contributed by atoms with E-state index in [9.17, 15) is 14.4 Å². The summed E-state index contributed by atoms with van der Waals surface area (Å²) in [6.07, 6.45) is 2.13. The van der Waals surface area contributed by atoms with E-state index in [2.05, 4.69) is 28.5 Å². The van der Waals surface area contributed by atoms with Crippen LogP contribution < -0.4 is 15.4 Å². The molecule has 3 aliphatic rings. The van der Waals surface area contributed by atoms with Crippen molar-refractivity contribution in [1.29, 1.82) is 0 Å². The van der Waals surface area contributed by atoms with Crippen LogP contribution in [0.25, 0.3) is 0 Å². The molecule has 2 N–H and O–H groups in total. The minimum absolute atomic E-state index is 0.145. The third-order valence-corrected chi connectivity index (χ3v) is 6.43. The van der Waals surface area contributed by atoms with E-state index in [1.807, 2.05) is 24.0 Å². The normalized spacial score (nSPS) is 24.2. The summed E-state index contributed by atoms with van der Waals surface area (Å²) in [5.41, 5.74) is 1.65. The van der Waals surface area contributed by atoms with Crippen LogP contribution in [0, 0.1) is 6.92 Å². The van der Waals surface area contributed by atoms with Gasteiger partial charge in [0.25, 0.3) is 0 Å². The molecule has 162 valence electrons. The Kier molecular flexibility index (Phi) is 5.69. The zero-order valence-corrected chi connectivity index (χ0v) is 17.7. The number of imide groups is 1. The number of benzene rings is 1. The number of aryl methyl sites for hydroxylation is 1. The second-order valence-corrected chi connectivity index (χ2v) is 8.64. The van der Waals surface area contributed by atoms with Crippen LogP contribution in [0.3, 0.4) is 0 Å². The Labute approximate surface area is 176 Å². The molecule has 3 heterocycles. The van der Waals surface area contributed by atoms with E-state index in [4.69, 9.17) is 4.74 Å². The van der Waals surface area contributed by atoms with E-state index in [1.165, 1.54) is 0 Å². The molecule has 0 aliphatic carbocycles. The van der Waals surface area contributed by atoms with Gasteiger partial charge >= 0.3 is 6.03 Å². The van der Waals surface area contributed by atoms with Gasteiger partial charge in [0.15, 0.2) is 0 Å². The zero-order valence-electron chi connectivity index (χ0n) is 17.7. The average molecular weight is 415 g/mol. The van der Waals surface area contributed by atoms with Crippen molar-refractivity contribution < 1.29 is 19.1 Å². The first kappa shape index (κ1) is 20.7. The third kappa shape index (κ3) is 4.28. The van der Waals surface area contributed by atoms with Gasteiger partial charge in [-0.05, 0) is 26.0 Å². The lowest BCUT2D eigenvalue weighted by Gasteiger charge is -2.43. The predicted octanol–water partition coefficient (Wildman–Crippen LogP) is 1.56. The number of amides is 4. The second-order valence-electron chi connectivity index (χ2n) is 8.64. The average Bonchev–Trinajstić information content (AvgIpc) is 2.99. The van der Waals surface area contributed by atoms with Crippen LogP contribution >= 0.6 is 0 Å². The number of carbonyl (C=O) groups is 3. The van der Waals surface area contributed by atoms with Crippen LogP contribution in [-0.4, -0.2) is 65.5 Å². The van der Waals surface area contributed by atoms with Gasteiger partial charge < -0.3 is 19.9 Å². The molecule has 1 aromatic carbocycles. The molecule has 8 heteroatoms. The minimum atomic E-state index is -0.712. The lowest BCUT2D eigenvalue weighted by atomic mass is 9.90. The molecule has 1 unspecified atom stereocenters. The fraction of sp³-hybridized carbons (Fsp3) is 0.591. The summed E-state index contributed by atoms with van der Waals surface area (Å²) < 4.78 is 6.59. The number of carbonyl (C=O) groups excluding carboxylic acids is 3. The van der Waals surface area contributed by atoms with E-state index >= 15 is 0 Å². The summed E-state index contributed by atoms with van der Waals surface area (Å²) in [7, 11) is 0. The number of ether oxygens (including phenoxy) is 1. The van der Waals surface area contributed by atoms with Crippen LogP contribution in [-0.2, 0) is 16.1 Å². The molecule has 1 aromatic rings. The quantitative estimate of drug-likeness (QED) is 0.766. The standard InChI is InChI=1S/C22H30N4O4/c1-3-25-10-8-22(9-11-25)14-26(13-16-12-15(2)4-6-18(16)30-22)20(28)17-5-7-19(27)24-21(29)23-17/h4,6,12,17H,3,5,7-11,13-14H2,1-2H3,(H2,23,24,27,29). The van der Waals surface area contributed by atoms with Gasteiger partial charge in [-0.3, -0.25) is 14.9 Å². The Morgan fingerprint density at radius 2 is 2.03 bits per heavy atom. The zero-order chi connectivity index (χ0) is 21.3. The van der Waals surface area contributed by atoms with Crippen molar-refractivity contribution in [3.63, 3.8) is 0 Å². The highest BCUT2D eigenvalue weighted by atomic mass is 16.5. The second kappa shape index (κ2) is 8.26. The molecule has 30 heavy (non-hydrogen) atoms. The summed E-state index contributed by atoms with van der Waals surface area (Å²) in [5.74, 6) is 0.323. The summed E-state index contributed by atoms with van der Waals surface area (Å²) in [4.78, 5) is 41.3. The number of urea groups is 1. The summed E-state index contributed by atoms with van der Waals surface area (Å²) in [6, 6.07) is 4.78. The molecule has 1 spiro atoms. The van der Waals surface area contributed by atoms with Gasteiger partial charge in [-0.25, -0.2) is 4.79 Å². The molecule has 2 fully saturated rings. The predicted molar refractivity (Wildman–Crippen MR) is 111 cm³/mol. The van der Waals surface area contributed by atoms with E-state index < -0.39 is 17.7 Å². The smallest absolute Gasteiger partial charge is 0.322 e. The van der Waals surface area contributed by atoms with Crippen LogP contribution in [0.5, 0.6) is 5.75 Å². The van der Waals surface area contributed by atoms with Crippen molar-refractivity contribution in [2.45, 2.75) is 57.7 Å².